The second-order valence-electron chi connectivity index (χ2n) is 4.41. The van der Waals surface area contributed by atoms with E-state index in [2.05, 4.69) is 0 Å². The summed E-state index contributed by atoms with van der Waals surface area (Å²) < 4.78 is 13.7. The first-order valence-corrected chi connectivity index (χ1v) is 6.25. The molecule has 2 aromatic rings. The zero-order valence-electron chi connectivity index (χ0n) is 10.4. The Morgan fingerprint density at radius 1 is 1.06 bits per heavy atom. The summed E-state index contributed by atoms with van der Waals surface area (Å²) in [6, 6.07) is 14.7. The Kier molecular flexibility index (Phi) is 4.11. The quantitative estimate of drug-likeness (QED) is 0.848. The number of rotatable bonds is 4. The zero-order valence-corrected chi connectivity index (χ0v) is 10.4. The average molecular weight is 244 g/mol. The third-order valence-electron chi connectivity index (χ3n) is 3.02. The Labute approximate surface area is 107 Å². The van der Waals surface area contributed by atoms with Crippen molar-refractivity contribution in [2.24, 2.45) is 0 Å². The summed E-state index contributed by atoms with van der Waals surface area (Å²) in [5.41, 5.74) is 2.35. The number of aliphatic hydroxyl groups excluding tert-OH is 1. The predicted molar refractivity (Wildman–Crippen MR) is 71.7 cm³/mol. The minimum absolute atomic E-state index is 0.337. The lowest BCUT2D eigenvalue weighted by molar-refractivity contribution is 0.162. The third-order valence-corrected chi connectivity index (χ3v) is 3.02. The molecule has 0 fully saturated rings. The normalized spacial score (nSPS) is 12.4. The van der Waals surface area contributed by atoms with E-state index in [1.807, 2.05) is 37.3 Å². The molecule has 0 aromatic heterocycles. The minimum atomic E-state index is -0.723. The van der Waals surface area contributed by atoms with E-state index in [0.717, 1.165) is 17.5 Å². The maximum atomic E-state index is 13.7. The number of aliphatic hydroxyl groups is 1. The van der Waals surface area contributed by atoms with Crippen LogP contribution >= 0.6 is 0 Å². The molecule has 1 N–H and O–H groups in total. The van der Waals surface area contributed by atoms with Crippen molar-refractivity contribution in [1.29, 1.82) is 0 Å². The lowest BCUT2D eigenvalue weighted by atomic mass is 9.98. The van der Waals surface area contributed by atoms with E-state index in [1.165, 1.54) is 6.07 Å². The SMILES string of the molecule is CCCC(O)c1cc(-c2ccccc2)ccc1F. The number of hydrogen-bond acceptors (Lipinski definition) is 1. The molecule has 0 aliphatic heterocycles. The third kappa shape index (κ3) is 2.77. The maximum absolute atomic E-state index is 13.7. The van der Waals surface area contributed by atoms with E-state index in [4.69, 9.17) is 0 Å². The zero-order chi connectivity index (χ0) is 13.0. The molecule has 94 valence electrons. The largest absolute Gasteiger partial charge is 0.388 e. The molecule has 0 aliphatic carbocycles. The fourth-order valence-electron chi connectivity index (χ4n) is 2.04. The Bertz CT molecular complexity index is 508. The highest BCUT2D eigenvalue weighted by atomic mass is 19.1. The van der Waals surface area contributed by atoms with Gasteiger partial charge in [-0.2, -0.15) is 0 Å². The Balaban J connectivity index is 2.38. The molecule has 0 bridgehead atoms. The van der Waals surface area contributed by atoms with E-state index in [9.17, 15) is 9.50 Å². The van der Waals surface area contributed by atoms with Gasteiger partial charge in [-0.05, 0) is 29.7 Å². The van der Waals surface area contributed by atoms with Gasteiger partial charge < -0.3 is 5.11 Å². The van der Waals surface area contributed by atoms with Crippen LogP contribution in [-0.4, -0.2) is 5.11 Å². The topological polar surface area (TPSA) is 20.2 Å². The summed E-state index contributed by atoms with van der Waals surface area (Å²) in [4.78, 5) is 0. The summed E-state index contributed by atoms with van der Waals surface area (Å²) in [7, 11) is 0. The fourth-order valence-corrected chi connectivity index (χ4v) is 2.04. The van der Waals surface area contributed by atoms with Gasteiger partial charge in [-0.1, -0.05) is 49.7 Å². The molecule has 0 saturated heterocycles. The van der Waals surface area contributed by atoms with E-state index >= 15 is 0 Å². The van der Waals surface area contributed by atoms with Crippen molar-refractivity contribution in [3.8, 4) is 11.1 Å². The number of hydrogen-bond donors (Lipinski definition) is 1. The van der Waals surface area contributed by atoms with Crippen LogP contribution in [0, 0.1) is 5.82 Å². The van der Waals surface area contributed by atoms with Gasteiger partial charge in [-0.15, -0.1) is 0 Å². The summed E-state index contributed by atoms with van der Waals surface area (Å²) >= 11 is 0. The molecule has 0 amide bonds. The van der Waals surface area contributed by atoms with Crippen LogP contribution in [0.5, 0.6) is 0 Å². The molecule has 0 radical (unpaired) electrons. The fraction of sp³-hybridized carbons (Fsp3) is 0.250. The van der Waals surface area contributed by atoms with Gasteiger partial charge in [-0.3, -0.25) is 0 Å². The Morgan fingerprint density at radius 3 is 2.44 bits per heavy atom. The highest BCUT2D eigenvalue weighted by Crippen LogP contribution is 2.27. The lowest BCUT2D eigenvalue weighted by Gasteiger charge is -2.12. The van der Waals surface area contributed by atoms with Crippen LogP contribution in [0.15, 0.2) is 48.5 Å². The molecule has 1 atom stereocenters. The molecule has 0 saturated carbocycles. The molecule has 2 aromatic carbocycles. The monoisotopic (exact) mass is 244 g/mol. The van der Waals surface area contributed by atoms with Crippen LogP contribution in [-0.2, 0) is 0 Å². The molecule has 1 unspecified atom stereocenters. The van der Waals surface area contributed by atoms with Gasteiger partial charge in [0.1, 0.15) is 5.82 Å². The minimum Gasteiger partial charge on any atom is -0.388 e. The van der Waals surface area contributed by atoms with Crippen molar-refractivity contribution in [3.63, 3.8) is 0 Å². The van der Waals surface area contributed by atoms with Gasteiger partial charge in [0, 0.05) is 5.56 Å². The van der Waals surface area contributed by atoms with Crippen LogP contribution in [0.4, 0.5) is 4.39 Å². The second-order valence-corrected chi connectivity index (χ2v) is 4.41. The highest BCUT2D eigenvalue weighted by Gasteiger charge is 2.13. The molecule has 0 aliphatic rings. The van der Waals surface area contributed by atoms with E-state index in [0.29, 0.717) is 12.0 Å². The standard InChI is InChI=1S/C16H17FO/c1-2-6-16(18)14-11-13(9-10-15(14)17)12-7-4-3-5-8-12/h3-5,7-11,16,18H,2,6H2,1H3. The van der Waals surface area contributed by atoms with E-state index in [1.54, 1.807) is 12.1 Å². The van der Waals surface area contributed by atoms with Crippen molar-refractivity contribution in [3.05, 3.63) is 59.9 Å². The van der Waals surface area contributed by atoms with Crippen LogP contribution in [0.2, 0.25) is 0 Å². The smallest absolute Gasteiger partial charge is 0.129 e. The average Bonchev–Trinajstić information content (AvgIpc) is 2.40. The van der Waals surface area contributed by atoms with Crippen molar-refractivity contribution in [2.75, 3.05) is 0 Å². The van der Waals surface area contributed by atoms with Gasteiger partial charge in [-0.25, -0.2) is 4.39 Å². The van der Waals surface area contributed by atoms with Gasteiger partial charge in [0.2, 0.25) is 0 Å². The van der Waals surface area contributed by atoms with Crippen LogP contribution in [0.1, 0.15) is 31.4 Å². The highest BCUT2D eigenvalue weighted by molar-refractivity contribution is 5.64. The molecular formula is C16H17FO. The van der Waals surface area contributed by atoms with Crippen molar-refractivity contribution in [2.45, 2.75) is 25.9 Å². The molecule has 2 rings (SSSR count). The molecular weight excluding hydrogens is 227 g/mol. The maximum Gasteiger partial charge on any atom is 0.129 e. The molecule has 1 nitrogen and oxygen atoms in total. The molecule has 0 spiro atoms. The predicted octanol–water partition coefficient (Wildman–Crippen LogP) is 4.33. The number of benzene rings is 2. The van der Waals surface area contributed by atoms with Gasteiger partial charge in [0.15, 0.2) is 0 Å². The summed E-state index contributed by atoms with van der Waals surface area (Å²) in [6.45, 7) is 1.97. The van der Waals surface area contributed by atoms with Gasteiger partial charge in [0.25, 0.3) is 0 Å². The first kappa shape index (κ1) is 12.8. The van der Waals surface area contributed by atoms with E-state index < -0.39 is 6.10 Å². The number of halogens is 1. The summed E-state index contributed by atoms with van der Waals surface area (Å²) in [6.07, 6.45) is 0.685. The van der Waals surface area contributed by atoms with Crippen molar-refractivity contribution >= 4 is 0 Å². The molecule has 0 heterocycles. The van der Waals surface area contributed by atoms with Gasteiger partial charge in [0.05, 0.1) is 6.10 Å². The van der Waals surface area contributed by atoms with Crippen LogP contribution in [0.3, 0.4) is 0 Å². The Morgan fingerprint density at radius 2 is 1.78 bits per heavy atom. The first-order valence-electron chi connectivity index (χ1n) is 6.25. The Hall–Kier alpha value is -1.67. The van der Waals surface area contributed by atoms with Gasteiger partial charge >= 0.3 is 0 Å². The lowest BCUT2D eigenvalue weighted by Crippen LogP contribution is -2.00. The molecule has 2 heteroatoms. The van der Waals surface area contributed by atoms with Crippen LogP contribution in [0.25, 0.3) is 11.1 Å². The summed E-state index contributed by atoms with van der Waals surface area (Å²) in [5, 5.41) is 9.93. The first-order chi connectivity index (χ1) is 8.72. The van der Waals surface area contributed by atoms with Crippen molar-refractivity contribution in [1.82, 2.24) is 0 Å². The van der Waals surface area contributed by atoms with E-state index in [-0.39, 0.29) is 5.82 Å². The molecule has 18 heavy (non-hydrogen) atoms. The summed E-state index contributed by atoms with van der Waals surface area (Å²) in [5.74, 6) is -0.337. The van der Waals surface area contributed by atoms with Crippen LogP contribution < -0.4 is 0 Å². The van der Waals surface area contributed by atoms with Crippen molar-refractivity contribution < 1.29 is 9.50 Å². The second kappa shape index (κ2) is 5.78.